The van der Waals surface area contributed by atoms with E-state index in [2.05, 4.69) is 16.2 Å². The molecule has 4 nitrogen and oxygen atoms in total. The van der Waals surface area contributed by atoms with E-state index in [1.165, 1.54) is 0 Å². The van der Waals surface area contributed by atoms with Crippen LogP contribution in [-0.2, 0) is 14.3 Å². The Morgan fingerprint density at radius 2 is 1.89 bits per heavy atom. The van der Waals surface area contributed by atoms with Crippen LogP contribution in [0.4, 0.5) is 0 Å². The number of rotatable bonds is 3. The maximum absolute atomic E-state index is 11.4. The van der Waals surface area contributed by atoms with E-state index in [4.69, 9.17) is 9.47 Å². The normalized spacial score (nSPS) is 24.5. The molecule has 0 N–H and O–H groups in total. The molecule has 3 aliphatic heterocycles. The summed E-state index contributed by atoms with van der Waals surface area (Å²) >= 11 is 0. The number of fused-ring (bicyclic) bond motifs is 1. The van der Waals surface area contributed by atoms with Gasteiger partial charge in [0.2, 0.25) is 5.91 Å². The van der Waals surface area contributed by atoms with E-state index in [1.807, 2.05) is 18.4 Å². The van der Waals surface area contributed by atoms with Crippen LogP contribution in [0.1, 0.15) is 12.8 Å². The summed E-state index contributed by atoms with van der Waals surface area (Å²) in [5.74, 6) is 1.97. The minimum Gasteiger partial charge on any atom is -0.486 e. The van der Waals surface area contributed by atoms with Crippen molar-refractivity contribution in [2.24, 2.45) is 0 Å². The molecule has 0 spiro atoms. The summed E-state index contributed by atoms with van der Waals surface area (Å²) in [6.07, 6.45) is 7.41. The van der Waals surface area contributed by atoms with Crippen LogP contribution in [0.15, 0.2) is 46.1 Å². The highest BCUT2D eigenvalue weighted by Gasteiger charge is 2.20. The van der Waals surface area contributed by atoms with Crippen LogP contribution in [-0.4, -0.2) is 30.6 Å². The van der Waals surface area contributed by atoms with Crippen molar-refractivity contribution >= 4 is 16.8 Å². The van der Waals surface area contributed by atoms with Crippen LogP contribution >= 0.6 is 10.9 Å². The third-order valence-corrected chi connectivity index (χ3v) is 4.70. The SMILES string of the molecule is O=C1CCCN1C=CC=C[SH]1C=C2OCCOC2=C1. The fraction of sp³-hybridized carbons (Fsp3) is 0.357. The van der Waals surface area contributed by atoms with Crippen molar-refractivity contribution in [3.05, 3.63) is 46.1 Å². The summed E-state index contributed by atoms with van der Waals surface area (Å²) < 4.78 is 11.0. The third-order valence-electron chi connectivity index (χ3n) is 3.12. The number of carbonyl (C=O) groups excluding carboxylic acids is 1. The van der Waals surface area contributed by atoms with Crippen LogP contribution in [0.5, 0.6) is 0 Å². The second-order valence-electron chi connectivity index (χ2n) is 4.50. The predicted octanol–water partition coefficient (Wildman–Crippen LogP) is 2.38. The summed E-state index contributed by atoms with van der Waals surface area (Å²) in [6.45, 7) is 2.10. The number of nitrogens with zero attached hydrogens (tertiary/aromatic N) is 1. The number of hydrogen-bond acceptors (Lipinski definition) is 3. The summed E-state index contributed by atoms with van der Waals surface area (Å²) in [4.78, 5) is 13.2. The second kappa shape index (κ2) is 5.57. The molecular formula is C14H17NO3S. The van der Waals surface area contributed by atoms with Crippen molar-refractivity contribution in [3.8, 4) is 0 Å². The number of allylic oxidation sites excluding steroid dienone is 2. The zero-order valence-corrected chi connectivity index (χ0v) is 11.5. The molecule has 0 aromatic carbocycles. The number of likely N-dealkylation sites (tertiary alicyclic amines) is 1. The molecule has 0 saturated carbocycles. The van der Waals surface area contributed by atoms with Gasteiger partial charge in [0.05, 0.1) is 0 Å². The van der Waals surface area contributed by atoms with Gasteiger partial charge in [-0.05, 0) is 17.9 Å². The second-order valence-corrected chi connectivity index (χ2v) is 6.21. The van der Waals surface area contributed by atoms with Gasteiger partial charge in [0.15, 0.2) is 11.5 Å². The number of hydrogen-bond donors (Lipinski definition) is 1. The molecule has 1 amide bonds. The Labute approximate surface area is 115 Å². The van der Waals surface area contributed by atoms with Crippen LogP contribution < -0.4 is 0 Å². The Morgan fingerprint density at radius 1 is 1.16 bits per heavy atom. The summed E-state index contributed by atoms with van der Waals surface area (Å²) in [5.41, 5.74) is 0. The lowest BCUT2D eigenvalue weighted by Crippen LogP contribution is -2.16. The Balaban J connectivity index is 1.56. The molecule has 0 radical (unpaired) electrons. The van der Waals surface area contributed by atoms with E-state index >= 15 is 0 Å². The van der Waals surface area contributed by atoms with Gasteiger partial charge in [0.1, 0.15) is 13.2 Å². The Kier molecular flexibility index (Phi) is 3.64. The van der Waals surface area contributed by atoms with E-state index in [9.17, 15) is 4.79 Å². The molecule has 19 heavy (non-hydrogen) atoms. The molecule has 3 aliphatic rings. The number of thiol groups is 1. The maximum atomic E-state index is 11.4. The lowest BCUT2D eigenvalue weighted by molar-refractivity contribution is -0.125. The van der Waals surface area contributed by atoms with Crippen molar-refractivity contribution in [2.45, 2.75) is 12.8 Å². The van der Waals surface area contributed by atoms with Crippen molar-refractivity contribution < 1.29 is 14.3 Å². The van der Waals surface area contributed by atoms with Crippen LogP contribution in [0.2, 0.25) is 0 Å². The molecule has 2 fully saturated rings. The molecule has 0 aromatic heterocycles. The predicted molar refractivity (Wildman–Crippen MR) is 76.3 cm³/mol. The van der Waals surface area contributed by atoms with Gasteiger partial charge in [-0.3, -0.25) is 4.79 Å². The van der Waals surface area contributed by atoms with Crippen molar-refractivity contribution in [1.29, 1.82) is 0 Å². The van der Waals surface area contributed by atoms with E-state index in [0.717, 1.165) is 24.5 Å². The number of carbonyl (C=O) groups is 1. The maximum Gasteiger partial charge on any atom is 0.226 e. The quantitative estimate of drug-likeness (QED) is 0.637. The molecule has 3 rings (SSSR count). The molecule has 5 heteroatoms. The van der Waals surface area contributed by atoms with E-state index in [0.29, 0.717) is 19.6 Å². The van der Waals surface area contributed by atoms with Gasteiger partial charge < -0.3 is 14.4 Å². The fourth-order valence-corrected chi connectivity index (χ4v) is 3.66. The zero-order chi connectivity index (χ0) is 13.1. The molecule has 0 atom stereocenters. The highest BCUT2D eigenvalue weighted by molar-refractivity contribution is 8.24. The molecule has 2 saturated heterocycles. The van der Waals surface area contributed by atoms with Gasteiger partial charge in [-0.1, -0.05) is 6.08 Å². The molecule has 3 heterocycles. The van der Waals surface area contributed by atoms with Crippen LogP contribution in [0, 0.1) is 0 Å². The lowest BCUT2D eigenvalue weighted by atomic mass is 10.4. The smallest absolute Gasteiger partial charge is 0.226 e. The highest BCUT2D eigenvalue weighted by Crippen LogP contribution is 2.43. The fourth-order valence-electron chi connectivity index (χ4n) is 2.17. The largest absolute Gasteiger partial charge is 0.486 e. The minimum absolute atomic E-state index is 0.216. The average molecular weight is 279 g/mol. The third kappa shape index (κ3) is 2.87. The summed E-state index contributed by atoms with van der Waals surface area (Å²) in [6, 6.07) is 0. The molecule has 102 valence electrons. The first kappa shape index (κ1) is 12.4. The van der Waals surface area contributed by atoms with Gasteiger partial charge >= 0.3 is 0 Å². The Bertz CT molecular complexity index is 471. The first-order valence-electron chi connectivity index (χ1n) is 6.44. The molecule has 0 bridgehead atoms. The lowest BCUT2D eigenvalue weighted by Gasteiger charge is -2.17. The molecule has 0 aliphatic carbocycles. The average Bonchev–Trinajstić information content (AvgIpc) is 3.00. The van der Waals surface area contributed by atoms with Crippen molar-refractivity contribution in [1.82, 2.24) is 4.90 Å². The van der Waals surface area contributed by atoms with Gasteiger partial charge in [-0.2, -0.15) is 10.9 Å². The van der Waals surface area contributed by atoms with E-state index in [-0.39, 0.29) is 5.91 Å². The molecule has 0 unspecified atom stereocenters. The highest BCUT2D eigenvalue weighted by atomic mass is 32.2. The van der Waals surface area contributed by atoms with Crippen molar-refractivity contribution in [2.75, 3.05) is 19.8 Å². The topological polar surface area (TPSA) is 38.8 Å². The van der Waals surface area contributed by atoms with Crippen molar-refractivity contribution in [3.63, 3.8) is 0 Å². The van der Waals surface area contributed by atoms with Crippen LogP contribution in [0.3, 0.4) is 0 Å². The minimum atomic E-state index is -0.440. The van der Waals surface area contributed by atoms with Gasteiger partial charge in [-0.15, -0.1) is 0 Å². The first-order chi connectivity index (χ1) is 9.33. The van der Waals surface area contributed by atoms with E-state index in [1.54, 1.807) is 4.90 Å². The van der Waals surface area contributed by atoms with Gasteiger partial charge in [-0.25, -0.2) is 0 Å². The summed E-state index contributed by atoms with van der Waals surface area (Å²) in [7, 11) is -0.440. The Morgan fingerprint density at radius 3 is 2.53 bits per heavy atom. The monoisotopic (exact) mass is 279 g/mol. The number of ether oxygens (including phenoxy) is 2. The summed E-state index contributed by atoms with van der Waals surface area (Å²) in [5, 5.41) is 6.34. The molecule has 0 aromatic rings. The van der Waals surface area contributed by atoms with E-state index < -0.39 is 10.9 Å². The zero-order valence-electron chi connectivity index (χ0n) is 10.6. The van der Waals surface area contributed by atoms with Gasteiger partial charge in [0, 0.05) is 30.0 Å². The first-order valence-corrected chi connectivity index (χ1v) is 7.99. The molecular weight excluding hydrogens is 262 g/mol. The Hall–Kier alpha value is -1.62. The van der Waals surface area contributed by atoms with Crippen LogP contribution in [0.25, 0.3) is 0 Å². The number of amides is 1. The van der Waals surface area contributed by atoms with Gasteiger partial charge in [0.25, 0.3) is 0 Å². The standard InChI is InChI=1S/C14H17NO3S/c16-14-4-3-6-15(14)5-1-2-9-19-10-12-13(11-19)18-8-7-17-12/h1-2,5,9-11,19H,3-4,6-8H2.